The lowest BCUT2D eigenvalue weighted by Crippen LogP contribution is -2.05. The Morgan fingerprint density at radius 1 is 0.469 bits per heavy atom. The molecule has 0 aliphatic carbocycles. The van der Waals surface area contributed by atoms with E-state index >= 15 is 0 Å². The molecule has 3 rings (SSSR count). The Bertz CT molecular complexity index is 970. The summed E-state index contributed by atoms with van der Waals surface area (Å²) in [4.78, 5) is 0. The zero-order valence-electron chi connectivity index (χ0n) is 18.4. The second-order valence-electron chi connectivity index (χ2n) is 7.51. The normalized spacial score (nSPS) is 10.7. The second kappa shape index (κ2) is 10.0. The van der Waals surface area contributed by atoms with Crippen LogP contribution in [0, 0.1) is 0 Å². The molecular weight excluding hydrogens is 412 g/mol. The Kier molecular flexibility index (Phi) is 7.20. The maximum Gasteiger partial charge on any atom is 0.203 e. The molecule has 0 aliphatic rings. The van der Waals surface area contributed by atoms with Crippen LogP contribution in [0.5, 0.6) is 40.2 Å². The molecule has 0 bridgehead atoms. The SMILES string of the molecule is COc1c(CCc2cc(O)cc(O)c2)cc(CCc2cc(O)cc(O)c2)c(OC)c1OC. The summed E-state index contributed by atoms with van der Waals surface area (Å²) in [7, 11) is 4.68. The molecule has 0 spiro atoms. The molecule has 0 aliphatic heterocycles. The Morgan fingerprint density at radius 2 is 0.812 bits per heavy atom. The molecule has 0 unspecified atom stereocenters. The van der Waals surface area contributed by atoms with Crippen molar-refractivity contribution in [1.29, 1.82) is 0 Å². The molecule has 0 amide bonds. The van der Waals surface area contributed by atoms with Crippen molar-refractivity contribution >= 4 is 0 Å². The van der Waals surface area contributed by atoms with Crippen LogP contribution in [0.1, 0.15) is 22.3 Å². The van der Waals surface area contributed by atoms with Crippen molar-refractivity contribution in [2.24, 2.45) is 0 Å². The van der Waals surface area contributed by atoms with Crippen LogP contribution in [0.25, 0.3) is 0 Å². The van der Waals surface area contributed by atoms with Gasteiger partial charge in [-0.15, -0.1) is 0 Å². The van der Waals surface area contributed by atoms with E-state index in [4.69, 9.17) is 14.2 Å². The number of phenols is 4. The number of phenolic OH excluding ortho intramolecular Hbond substituents is 4. The molecule has 3 aromatic rings. The molecule has 0 fully saturated rings. The van der Waals surface area contributed by atoms with Gasteiger partial charge in [0.1, 0.15) is 23.0 Å². The molecule has 170 valence electrons. The van der Waals surface area contributed by atoms with Crippen LogP contribution in [-0.4, -0.2) is 41.8 Å². The summed E-state index contributed by atoms with van der Waals surface area (Å²) in [5.74, 6) is 1.65. The maximum atomic E-state index is 9.75. The Labute approximate surface area is 187 Å². The largest absolute Gasteiger partial charge is 0.508 e. The number of aryl methyl sites for hydroxylation is 4. The van der Waals surface area contributed by atoms with Crippen molar-refractivity contribution in [3.8, 4) is 40.2 Å². The minimum absolute atomic E-state index is 0.00864. The number of hydrogen-bond acceptors (Lipinski definition) is 7. The first-order chi connectivity index (χ1) is 15.3. The van der Waals surface area contributed by atoms with Crippen LogP contribution >= 0.6 is 0 Å². The Hall–Kier alpha value is -3.74. The quantitative estimate of drug-likeness (QED) is 0.397. The summed E-state index contributed by atoms with van der Waals surface area (Å²) in [6, 6.07) is 11.0. The first-order valence-corrected chi connectivity index (χ1v) is 10.2. The number of benzene rings is 3. The highest BCUT2D eigenvalue weighted by atomic mass is 16.5. The van der Waals surface area contributed by atoms with Crippen molar-refractivity contribution < 1.29 is 34.6 Å². The average Bonchev–Trinajstić information content (AvgIpc) is 2.73. The number of aromatic hydroxyl groups is 4. The van der Waals surface area contributed by atoms with Crippen molar-refractivity contribution in [2.75, 3.05) is 21.3 Å². The summed E-state index contributed by atoms with van der Waals surface area (Å²) >= 11 is 0. The van der Waals surface area contributed by atoms with Gasteiger partial charge in [-0.3, -0.25) is 0 Å². The smallest absolute Gasteiger partial charge is 0.203 e. The fraction of sp³-hybridized carbons (Fsp3) is 0.280. The van der Waals surface area contributed by atoms with Gasteiger partial charge in [0.25, 0.3) is 0 Å². The first kappa shape index (κ1) is 22.9. The molecule has 7 nitrogen and oxygen atoms in total. The lowest BCUT2D eigenvalue weighted by molar-refractivity contribution is 0.320. The van der Waals surface area contributed by atoms with Crippen LogP contribution in [-0.2, 0) is 25.7 Å². The van der Waals surface area contributed by atoms with E-state index in [1.807, 2.05) is 6.07 Å². The van der Waals surface area contributed by atoms with Gasteiger partial charge < -0.3 is 34.6 Å². The molecule has 0 aromatic heterocycles. The zero-order valence-corrected chi connectivity index (χ0v) is 18.4. The predicted octanol–water partition coefficient (Wildman–Crippen LogP) is 4.11. The summed E-state index contributed by atoms with van der Waals surface area (Å²) in [6.45, 7) is 0. The highest BCUT2D eigenvalue weighted by Crippen LogP contribution is 2.43. The standard InChI is InChI=1S/C25H28O7/c1-30-23-17(6-4-15-8-19(26)13-20(27)9-15)12-18(24(31-2)25(23)32-3)7-5-16-10-21(28)14-22(29)11-16/h8-14,26-29H,4-7H2,1-3H3. The molecule has 0 saturated heterocycles. The van der Waals surface area contributed by atoms with Crippen molar-refractivity contribution in [3.63, 3.8) is 0 Å². The van der Waals surface area contributed by atoms with Gasteiger partial charge in [0, 0.05) is 12.1 Å². The third-order valence-corrected chi connectivity index (χ3v) is 5.25. The van der Waals surface area contributed by atoms with E-state index in [0.29, 0.717) is 42.9 Å². The first-order valence-electron chi connectivity index (χ1n) is 10.2. The summed E-state index contributed by atoms with van der Waals surface area (Å²) in [5.41, 5.74) is 3.36. The zero-order chi connectivity index (χ0) is 23.3. The molecule has 0 atom stereocenters. The third-order valence-electron chi connectivity index (χ3n) is 5.25. The minimum Gasteiger partial charge on any atom is -0.508 e. The topological polar surface area (TPSA) is 109 Å². The third kappa shape index (κ3) is 5.29. The van der Waals surface area contributed by atoms with E-state index < -0.39 is 0 Å². The fourth-order valence-electron chi connectivity index (χ4n) is 3.90. The average molecular weight is 440 g/mol. The van der Waals surface area contributed by atoms with Crippen LogP contribution in [0.15, 0.2) is 42.5 Å². The molecule has 0 saturated carbocycles. The molecule has 32 heavy (non-hydrogen) atoms. The van der Waals surface area contributed by atoms with Crippen LogP contribution in [0.2, 0.25) is 0 Å². The summed E-state index contributed by atoms with van der Waals surface area (Å²) in [5, 5.41) is 39.0. The van der Waals surface area contributed by atoms with E-state index in [9.17, 15) is 20.4 Å². The Balaban J connectivity index is 1.93. The number of rotatable bonds is 9. The van der Waals surface area contributed by atoms with Gasteiger partial charge in [0.15, 0.2) is 11.5 Å². The van der Waals surface area contributed by atoms with Gasteiger partial charge in [-0.1, -0.05) is 0 Å². The van der Waals surface area contributed by atoms with E-state index in [-0.39, 0.29) is 23.0 Å². The molecule has 3 aromatic carbocycles. The van der Waals surface area contributed by atoms with Gasteiger partial charge in [-0.2, -0.15) is 0 Å². The van der Waals surface area contributed by atoms with Crippen LogP contribution in [0.3, 0.4) is 0 Å². The molecule has 7 heteroatoms. The van der Waals surface area contributed by atoms with Gasteiger partial charge in [0.05, 0.1) is 21.3 Å². The van der Waals surface area contributed by atoms with Gasteiger partial charge >= 0.3 is 0 Å². The maximum absolute atomic E-state index is 9.75. The Morgan fingerprint density at radius 3 is 1.12 bits per heavy atom. The van der Waals surface area contributed by atoms with E-state index in [1.54, 1.807) is 45.6 Å². The lowest BCUT2D eigenvalue weighted by Gasteiger charge is -2.20. The molecule has 4 N–H and O–H groups in total. The second-order valence-corrected chi connectivity index (χ2v) is 7.51. The number of hydrogen-bond donors (Lipinski definition) is 4. The van der Waals surface area contributed by atoms with Crippen molar-refractivity contribution in [3.05, 3.63) is 64.7 Å². The van der Waals surface area contributed by atoms with E-state index in [0.717, 1.165) is 22.3 Å². The lowest BCUT2D eigenvalue weighted by atomic mass is 9.96. The van der Waals surface area contributed by atoms with Gasteiger partial charge in [-0.05, 0) is 78.3 Å². The summed E-state index contributed by atoms with van der Waals surface area (Å²) in [6.07, 6.45) is 2.28. The highest BCUT2D eigenvalue weighted by molar-refractivity contribution is 5.60. The molecule has 0 heterocycles. The van der Waals surface area contributed by atoms with Crippen LogP contribution in [0.4, 0.5) is 0 Å². The monoisotopic (exact) mass is 440 g/mol. The fourth-order valence-corrected chi connectivity index (χ4v) is 3.90. The number of methoxy groups -OCH3 is 3. The van der Waals surface area contributed by atoms with Crippen molar-refractivity contribution in [2.45, 2.75) is 25.7 Å². The summed E-state index contributed by atoms with van der Waals surface area (Å²) < 4.78 is 16.9. The van der Waals surface area contributed by atoms with Crippen molar-refractivity contribution in [1.82, 2.24) is 0 Å². The molecule has 0 radical (unpaired) electrons. The van der Waals surface area contributed by atoms with Gasteiger partial charge in [0.2, 0.25) is 5.75 Å². The number of ether oxygens (including phenoxy) is 3. The van der Waals surface area contributed by atoms with Gasteiger partial charge in [-0.25, -0.2) is 0 Å². The van der Waals surface area contributed by atoms with E-state index in [1.165, 1.54) is 12.1 Å². The highest BCUT2D eigenvalue weighted by Gasteiger charge is 2.21. The molecular formula is C25H28O7. The minimum atomic E-state index is 0.00864. The van der Waals surface area contributed by atoms with Crippen LogP contribution < -0.4 is 14.2 Å². The predicted molar refractivity (Wildman–Crippen MR) is 120 cm³/mol. The van der Waals surface area contributed by atoms with E-state index in [2.05, 4.69) is 0 Å².